The number of aromatic hydroxyl groups is 1. The summed E-state index contributed by atoms with van der Waals surface area (Å²) in [5.74, 6) is 0.130. The molecule has 0 saturated carbocycles. The third-order valence-corrected chi connectivity index (χ3v) is 7.08. The summed E-state index contributed by atoms with van der Waals surface area (Å²) in [4.78, 5) is 21.4. The largest absolute Gasteiger partial charge is 0.508 e. The second-order valence-electron chi connectivity index (χ2n) is 9.14. The molecule has 4 rings (SSSR count). The lowest BCUT2D eigenvalue weighted by Gasteiger charge is -2.15. The van der Waals surface area contributed by atoms with Gasteiger partial charge in [0.15, 0.2) is 0 Å². The third-order valence-electron chi connectivity index (χ3n) is 5.08. The van der Waals surface area contributed by atoms with Gasteiger partial charge in [-0.3, -0.25) is 9.36 Å². The molecule has 0 amide bonds. The quantitative estimate of drug-likeness (QED) is 0.0969. The highest BCUT2D eigenvalue weighted by Crippen LogP contribution is 2.23. The zero-order valence-electron chi connectivity index (χ0n) is 24.3. The van der Waals surface area contributed by atoms with Gasteiger partial charge in [0.2, 0.25) is 0 Å². The van der Waals surface area contributed by atoms with E-state index in [-0.39, 0.29) is 0 Å². The molecular weight excluding hydrogens is 606 g/mol. The number of ether oxygens (including phenoxy) is 1. The van der Waals surface area contributed by atoms with E-state index in [9.17, 15) is 14.7 Å². The first kappa shape index (κ1) is 36.0. The Balaban J connectivity index is 0.000000261. The second kappa shape index (κ2) is 20.6. The van der Waals surface area contributed by atoms with Crippen molar-refractivity contribution in [3.05, 3.63) is 97.6 Å². The monoisotopic (exact) mass is 643 g/mol. The van der Waals surface area contributed by atoms with Crippen LogP contribution in [0.2, 0.25) is 0 Å². The fourth-order valence-electron chi connectivity index (χ4n) is 2.98. The van der Waals surface area contributed by atoms with Gasteiger partial charge < -0.3 is 30.5 Å². The van der Waals surface area contributed by atoms with Gasteiger partial charge in [0.05, 0.1) is 11.8 Å². The first-order valence-electron chi connectivity index (χ1n) is 13.4. The van der Waals surface area contributed by atoms with Crippen molar-refractivity contribution in [2.75, 3.05) is 13.2 Å². The highest BCUT2D eigenvalue weighted by molar-refractivity contribution is 7.98. The molecule has 2 heterocycles. The number of aliphatic hydroxyl groups is 1. The normalized spacial score (nSPS) is 11.3. The van der Waals surface area contributed by atoms with Crippen molar-refractivity contribution >= 4 is 35.5 Å². The van der Waals surface area contributed by atoms with Crippen LogP contribution in [0.3, 0.4) is 0 Å². The van der Waals surface area contributed by atoms with Crippen LogP contribution in [0.5, 0.6) is 11.5 Å². The minimum atomic E-state index is -1.26. The zero-order valence-corrected chi connectivity index (χ0v) is 26.0. The van der Waals surface area contributed by atoms with E-state index in [1.165, 1.54) is 0 Å². The number of carboxylic acids is 2. The summed E-state index contributed by atoms with van der Waals surface area (Å²) in [6.07, 6.45) is 8.01. The molecule has 0 aliphatic carbocycles. The van der Waals surface area contributed by atoms with Crippen LogP contribution in [0, 0.1) is 0 Å². The first-order valence-corrected chi connectivity index (χ1v) is 15.4. The predicted octanol–water partition coefficient (Wildman–Crippen LogP) is 4.42. The van der Waals surface area contributed by atoms with Crippen LogP contribution >= 0.6 is 23.5 Å². The summed E-state index contributed by atoms with van der Waals surface area (Å²) in [5.41, 5.74) is 0. The summed E-state index contributed by atoms with van der Waals surface area (Å²) < 4.78 is 9.33. The number of carboxylic acid groups (broad SMARTS) is 2. The molecule has 0 bridgehead atoms. The van der Waals surface area contributed by atoms with Crippen molar-refractivity contribution < 1.29 is 34.8 Å². The fraction of sp³-hybridized carbons (Fsp3) is 0.267. The molecule has 2 aromatic heterocycles. The highest BCUT2D eigenvalue weighted by atomic mass is 32.2. The Morgan fingerprint density at radius 2 is 1.34 bits per heavy atom. The molecule has 5 N–H and O–H groups in total. The number of thioether (sulfide) groups is 2. The van der Waals surface area contributed by atoms with E-state index < -0.39 is 18.0 Å². The Morgan fingerprint density at radius 1 is 0.864 bits per heavy atom. The highest BCUT2D eigenvalue weighted by Gasteiger charge is 2.06. The number of carbonyl (C=O) groups is 2. The predicted molar refractivity (Wildman–Crippen MR) is 170 cm³/mol. The number of hydrogen-bond acceptors (Lipinski definition) is 10. The number of nitrogens with zero attached hydrogens (tertiary/aromatic N) is 4. The number of phenolic OH excluding ortho intramolecular Hbond substituents is 1. The molecule has 14 heteroatoms. The molecule has 0 aliphatic heterocycles. The number of aliphatic hydroxyl groups excluding tert-OH is 1. The van der Waals surface area contributed by atoms with E-state index in [0.717, 1.165) is 27.3 Å². The zero-order chi connectivity index (χ0) is 32.2. The minimum Gasteiger partial charge on any atom is -0.508 e. The van der Waals surface area contributed by atoms with E-state index >= 15 is 0 Å². The summed E-state index contributed by atoms with van der Waals surface area (Å²) in [5, 5.41) is 45.9. The molecule has 1 unspecified atom stereocenters. The average molecular weight is 644 g/mol. The lowest BCUT2D eigenvalue weighted by molar-refractivity contribution is -0.134. The molecule has 12 nitrogen and oxygen atoms in total. The van der Waals surface area contributed by atoms with Gasteiger partial charge in [-0.1, -0.05) is 13.8 Å². The molecular formula is C30H37N5O7S2. The maximum absolute atomic E-state index is 9.80. The second-order valence-corrected chi connectivity index (χ2v) is 11.2. The SMILES string of the molecule is CC(C)NCC(O)COc1ccc(SCn2cccn2)cc1.O=C(O)/C=C\C(=O)O.Oc1ccc(SCn2cccn2)cc1. The minimum absolute atomic E-state index is 0.291. The van der Waals surface area contributed by atoms with Gasteiger partial charge in [0.1, 0.15) is 24.2 Å². The van der Waals surface area contributed by atoms with Crippen LogP contribution < -0.4 is 10.1 Å². The molecule has 0 aliphatic rings. The first-order chi connectivity index (χ1) is 21.1. The fourth-order valence-corrected chi connectivity index (χ4v) is 4.50. The molecule has 0 spiro atoms. The maximum atomic E-state index is 9.80. The van der Waals surface area contributed by atoms with Gasteiger partial charge in [-0.2, -0.15) is 10.2 Å². The molecule has 44 heavy (non-hydrogen) atoms. The Morgan fingerprint density at radius 3 is 1.75 bits per heavy atom. The molecule has 4 aromatic rings. The van der Waals surface area contributed by atoms with Crippen LogP contribution in [0.4, 0.5) is 0 Å². The Labute approximate surface area is 264 Å². The molecule has 0 radical (unpaired) electrons. The van der Waals surface area contributed by atoms with Crippen molar-refractivity contribution in [3.8, 4) is 11.5 Å². The number of rotatable bonds is 14. The van der Waals surface area contributed by atoms with Gasteiger partial charge in [-0.15, -0.1) is 23.5 Å². The van der Waals surface area contributed by atoms with E-state index in [1.54, 1.807) is 48.1 Å². The van der Waals surface area contributed by atoms with Gasteiger partial charge in [-0.05, 0) is 60.7 Å². The summed E-state index contributed by atoms with van der Waals surface area (Å²) in [7, 11) is 0. The molecule has 1 atom stereocenters. The lowest BCUT2D eigenvalue weighted by atomic mass is 10.3. The number of phenols is 1. The summed E-state index contributed by atoms with van der Waals surface area (Å²) in [6, 6.07) is 19.2. The summed E-state index contributed by atoms with van der Waals surface area (Å²) >= 11 is 3.38. The van der Waals surface area contributed by atoms with Crippen molar-refractivity contribution in [1.82, 2.24) is 24.9 Å². The number of nitrogens with one attached hydrogen (secondary N) is 1. The van der Waals surface area contributed by atoms with Crippen LogP contribution in [0.15, 0.2) is 107 Å². The van der Waals surface area contributed by atoms with Crippen LogP contribution in [0.25, 0.3) is 0 Å². The maximum Gasteiger partial charge on any atom is 0.328 e. The molecule has 0 fully saturated rings. The Bertz CT molecular complexity index is 1350. The van der Waals surface area contributed by atoms with Crippen LogP contribution in [0.1, 0.15) is 13.8 Å². The molecule has 0 saturated heterocycles. The smallest absolute Gasteiger partial charge is 0.328 e. The van der Waals surface area contributed by atoms with E-state index in [4.69, 9.17) is 20.1 Å². The standard InChI is InChI=1S/C16H23N3O2S.C10H10N2OS.C4H4O4/c1-13(2)17-10-14(20)11-21-15-4-6-16(7-5-15)22-12-19-9-3-8-18-19;13-9-2-4-10(5-3-9)14-8-12-7-1-6-11-12;5-3(6)1-2-4(7)8/h3-9,13-14,17,20H,10-12H2,1-2H3;1-7,13H,8H2;1-2H,(H,5,6)(H,7,8)/b;;2-1-. The number of benzene rings is 2. The number of hydrogen-bond donors (Lipinski definition) is 5. The van der Waals surface area contributed by atoms with E-state index in [0.29, 0.717) is 37.1 Å². The Hall–Kier alpha value is -4.24. The topological polar surface area (TPSA) is 172 Å². The van der Waals surface area contributed by atoms with Crippen LogP contribution in [-0.2, 0) is 21.3 Å². The van der Waals surface area contributed by atoms with Gasteiger partial charge in [0.25, 0.3) is 0 Å². The van der Waals surface area contributed by atoms with Crippen molar-refractivity contribution in [1.29, 1.82) is 0 Å². The van der Waals surface area contributed by atoms with Crippen molar-refractivity contribution in [3.63, 3.8) is 0 Å². The van der Waals surface area contributed by atoms with Gasteiger partial charge in [-0.25, -0.2) is 9.59 Å². The molecule has 2 aromatic carbocycles. The van der Waals surface area contributed by atoms with Crippen LogP contribution in [-0.4, -0.2) is 77.2 Å². The number of aliphatic carboxylic acids is 2. The number of aromatic nitrogens is 4. The summed E-state index contributed by atoms with van der Waals surface area (Å²) in [6.45, 7) is 4.93. The van der Waals surface area contributed by atoms with Crippen molar-refractivity contribution in [2.24, 2.45) is 0 Å². The van der Waals surface area contributed by atoms with Gasteiger partial charge >= 0.3 is 11.9 Å². The Kier molecular flexibility index (Phi) is 16.9. The van der Waals surface area contributed by atoms with E-state index in [2.05, 4.69) is 15.5 Å². The lowest BCUT2D eigenvalue weighted by Crippen LogP contribution is -2.35. The average Bonchev–Trinajstić information content (AvgIpc) is 3.73. The third kappa shape index (κ3) is 17.0. The van der Waals surface area contributed by atoms with Crippen molar-refractivity contribution in [2.45, 2.75) is 47.5 Å². The van der Waals surface area contributed by atoms with E-state index in [1.807, 2.05) is 84.1 Å². The molecule has 236 valence electrons. The van der Waals surface area contributed by atoms with Gasteiger partial charge in [0, 0.05) is 59.3 Å².